The molecule has 17 heavy (non-hydrogen) atoms. The van der Waals surface area contributed by atoms with Gasteiger partial charge < -0.3 is 11.1 Å². The number of H-pyrrole nitrogens is 1. The van der Waals surface area contributed by atoms with Gasteiger partial charge in [0.25, 0.3) is 0 Å². The van der Waals surface area contributed by atoms with Gasteiger partial charge in [-0.3, -0.25) is 5.10 Å². The van der Waals surface area contributed by atoms with Crippen molar-refractivity contribution in [3.05, 3.63) is 17.5 Å². The molecule has 0 aliphatic rings. The Labute approximate surface area is 104 Å². The largest absolute Gasteiger partial charge is 0.330 e. The van der Waals surface area contributed by atoms with Crippen molar-refractivity contribution in [1.82, 2.24) is 15.5 Å². The summed E-state index contributed by atoms with van der Waals surface area (Å²) in [5, 5.41) is 10.5. The molecular weight excluding hydrogens is 212 g/mol. The van der Waals surface area contributed by atoms with Crippen LogP contribution < -0.4 is 11.1 Å². The van der Waals surface area contributed by atoms with Crippen molar-refractivity contribution in [2.24, 2.45) is 17.6 Å². The Bertz CT molecular complexity index is 306. The van der Waals surface area contributed by atoms with Crippen molar-refractivity contribution in [3.8, 4) is 0 Å². The van der Waals surface area contributed by atoms with Gasteiger partial charge in [0.2, 0.25) is 0 Å². The first-order chi connectivity index (χ1) is 8.15. The zero-order valence-corrected chi connectivity index (χ0v) is 11.3. The molecule has 1 rings (SSSR count). The average molecular weight is 238 g/mol. The van der Waals surface area contributed by atoms with E-state index in [0.717, 1.165) is 32.5 Å². The van der Waals surface area contributed by atoms with Crippen molar-refractivity contribution in [3.63, 3.8) is 0 Å². The molecule has 4 N–H and O–H groups in total. The van der Waals surface area contributed by atoms with E-state index < -0.39 is 0 Å². The first-order valence-electron chi connectivity index (χ1n) is 6.54. The number of aromatic nitrogens is 2. The monoisotopic (exact) mass is 238 g/mol. The minimum Gasteiger partial charge on any atom is -0.330 e. The minimum absolute atomic E-state index is 0.589. The number of nitrogens with two attached hydrogens (primary N) is 1. The van der Waals surface area contributed by atoms with Gasteiger partial charge in [0, 0.05) is 5.69 Å². The molecule has 0 fully saturated rings. The van der Waals surface area contributed by atoms with E-state index in [2.05, 4.69) is 36.3 Å². The lowest BCUT2D eigenvalue weighted by Gasteiger charge is -2.19. The van der Waals surface area contributed by atoms with Crippen LogP contribution in [0.1, 0.15) is 31.5 Å². The number of aromatic amines is 1. The molecule has 4 nitrogen and oxygen atoms in total. The Morgan fingerprint density at radius 3 is 2.76 bits per heavy atom. The normalized spacial score (nSPS) is 13.2. The van der Waals surface area contributed by atoms with Gasteiger partial charge in [-0.1, -0.05) is 13.8 Å². The molecule has 0 radical (unpaired) electrons. The molecule has 0 spiro atoms. The molecule has 1 unspecified atom stereocenters. The first-order valence-corrected chi connectivity index (χ1v) is 6.54. The molecule has 1 heterocycles. The third kappa shape index (κ3) is 4.88. The number of nitrogens with one attached hydrogen (secondary N) is 2. The van der Waals surface area contributed by atoms with Crippen LogP contribution in [0.4, 0.5) is 0 Å². The molecular formula is C13H26N4. The lowest BCUT2D eigenvalue weighted by molar-refractivity contribution is 0.371. The molecule has 98 valence electrons. The number of nitrogens with zero attached hydrogens (tertiary/aromatic N) is 1. The summed E-state index contributed by atoms with van der Waals surface area (Å²) in [6, 6.07) is 0. The van der Waals surface area contributed by atoms with Crippen molar-refractivity contribution in [2.45, 2.75) is 33.6 Å². The van der Waals surface area contributed by atoms with Gasteiger partial charge in [0.1, 0.15) is 0 Å². The highest BCUT2D eigenvalue weighted by Gasteiger charge is 2.10. The second-order valence-corrected chi connectivity index (χ2v) is 5.07. The molecule has 0 aliphatic carbocycles. The van der Waals surface area contributed by atoms with E-state index in [4.69, 9.17) is 5.73 Å². The topological polar surface area (TPSA) is 66.7 Å². The molecule has 0 aliphatic heterocycles. The number of rotatable bonds is 8. The molecule has 0 amide bonds. The summed E-state index contributed by atoms with van der Waals surface area (Å²) in [6.45, 7) is 9.37. The van der Waals surface area contributed by atoms with Crippen LogP contribution >= 0.6 is 0 Å². The van der Waals surface area contributed by atoms with Crippen molar-refractivity contribution < 1.29 is 0 Å². The summed E-state index contributed by atoms with van der Waals surface area (Å²) in [7, 11) is 0. The SMILES string of the molecule is Cc1[nH]ncc1CCCNCC(CN)C(C)C. The summed E-state index contributed by atoms with van der Waals surface area (Å²) in [6.07, 6.45) is 4.16. The Hall–Kier alpha value is -0.870. The van der Waals surface area contributed by atoms with Crippen LogP contribution in [0.5, 0.6) is 0 Å². The van der Waals surface area contributed by atoms with Gasteiger partial charge in [0.15, 0.2) is 0 Å². The zero-order valence-electron chi connectivity index (χ0n) is 11.3. The minimum atomic E-state index is 0.589. The predicted octanol–water partition coefficient (Wildman–Crippen LogP) is 1.47. The average Bonchev–Trinajstić information content (AvgIpc) is 2.69. The van der Waals surface area contributed by atoms with E-state index in [1.54, 1.807) is 0 Å². The predicted molar refractivity (Wildman–Crippen MR) is 71.9 cm³/mol. The van der Waals surface area contributed by atoms with Gasteiger partial charge in [-0.2, -0.15) is 5.10 Å². The summed E-state index contributed by atoms with van der Waals surface area (Å²) in [5.74, 6) is 1.24. The molecule has 0 bridgehead atoms. The van der Waals surface area contributed by atoms with Crippen molar-refractivity contribution in [2.75, 3.05) is 19.6 Å². The Morgan fingerprint density at radius 1 is 1.47 bits per heavy atom. The fourth-order valence-corrected chi connectivity index (χ4v) is 1.91. The number of aryl methyl sites for hydroxylation is 2. The smallest absolute Gasteiger partial charge is 0.0522 e. The van der Waals surface area contributed by atoms with Gasteiger partial charge in [-0.25, -0.2) is 0 Å². The maximum Gasteiger partial charge on any atom is 0.0522 e. The second-order valence-electron chi connectivity index (χ2n) is 5.07. The van der Waals surface area contributed by atoms with Crippen LogP contribution in [0.2, 0.25) is 0 Å². The summed E-state index contributed by atoms with van der Waals surface area (Å²) in [4.78, 5) is 0. The first kappa shape index (κ1) is 14.2. The van der Waals surface area contributed by atoms with E-state index in [1.807, 2.05) is 6.20 Å². The van der Waals surface area contributed by atoms with Crippen LogP contribution in [0.15, 0.2) is 6.20 Å². The van der Waals surface area contributed by atoms with Crippen LogP contribution in [0.25, 0.3) is 0 Å². The Balaban J connectivity index is 2.10. The second kappa shape index (κ2) is 7.45. The standard InChI is InChI=1S/C13H26N4/c1-10(2)13(7-14)8-15-6-4-5-12-9-16-17-11(12)3/h9-10,13,15H,4-8,14H2,1-3H3,(H,16,17). The lowest BCUT2D eigenvalue weighted by Crippen LogP contribution is -2.32. The summed E-state index contributed by atoms with van der Waals surface area (Å²) < 4.78 is 0. The highest BCUT2D eigenvalue weighted by atomic mass is 15.1. The highest BCUT2D eigenvalue weighted by molar-refractivity contribution is 5.14. The molecule has 1 atom stereocenters. The van der Waals surface area contributed by atoms with Crippen molar-refractivity contribution in [1.29, 1.82) is 0 Å². The van der Waals surface area contributed by atoms with E-state index in [9.17, 15) is 0 Å². The van der Waals surface area contributed by atoms with Gasteiger partial charge in [-0.05, 0) is 56.8 Å². The number of hydrogen-bond donors (Lipinski definition) is 3. The molecule has 0 saturated heterocycles. The van der Waals surface area contributed by atoms with E-state index in [-0.39, 0.29) is 0 Å². The zero-order chi connectivity index (χ0) is 12.7. The maximum atomic E-state index is 5.73. The molecule has 4 heteroatoms. The fourth-order valence-electron chi connectivity index (χ4n) is 1.91. The fraction of sp³-hybridized carbons (Fsp3) is 0.769. The quantitative estimate of drug-likeness (QED) is 0.601. The van der Waals surface area contributed by atoms with Crippen LogP contribution in [0.3, 0.4) is 0 Å². The summed E-state index contributed by atoms with van der Waals surface area (Å²) >= 11 is 0. The molecule has 0 saturated carbocycles. The van der Waals surface area contributed by atoms with Crippen LogP contribution in [-0.2, 0) is 6.42 Å². The lowest BCUT2D eigenvalue weighted by atomic mass is 9.96. The third-order valence-corrected chi connectivity index (χ3v) is 3.39. The summed E-state index contributed by atoms with van der Waals surface area (Å²) in [5.41, 5.74) is 8.25. The van der Waals surface area contributed by atoms with Crippen LogP contribution in [-0.4, -0.2) is 29.8 Å². The van der Waals surface area contributed by atoms with E-state index in [1.165, 1.54) is 11.3 Å². The van der Waals surface area contributed by atoms with Gasteiger partial charge in [0.05, 0.1) is 6.20 Å². The molecule has 1 aromatic heterocycles. The maximum absolute atomic E-state index is 5.73. The van der Waals surface area contributed by atoms with Crippen LogP contribution in [0, 0.1) is 18.8 Å². The molecule has 1 aromatic rings. The Kier molecular flexibility index (Phi) is 6.22. The van der Waals surface area contributed by atoms with Crippen molar-refractivity contribution >= 4 is 0 Å². The number of hydrogen-bond acceptors (Lipinski definition) is 3. The Morgan fingerprint density at radius 2 is 2.24 bits per heavy atom. The van der Waals surface area contributed by atoms with E-state index in [0.29, 0.717) is 11.8 Å². The highest BCUT2D eigenvalue weighted by Crippen LogP contribution is 2.08. The van der Waals surface area contributed by atoms with Gasteiger partial charge >= 0.3 is 0 Å². The van der Waals surface area contributed by atoms with Gasteiger partial charge in [-0.15, -0.1) is 0 Å². The van der Waals surface area contributed by atoms with E-state index >= 15 is 0 Å². The third-order valence-electron chi connectivity index (χ3n) is 3.39. The molecule has 0 aromatic carbocycles.